The summed E-state index contributed by atoms with van der Waals surface area (Å²) in [6.07, 6.45) is 4.19. The molecule has 15 N–H and O–H groups in total. The predicted molar refractivity (Wildman–Crippen MR) is 202 cm³/mol. The number of likely N-dealkylation sites (tertiary alicyclic amines) is 1. The van der Waals surface area contributed by atoms with Gasteiger partial charge in [0.2, 0.25) is 35.4 Å². The highest BCUT2D eigenvalue weighted by molar-refractivity contribution is 5.96. The lowest BCUT2D eigenvalue weighted by molar-refractivity contribution is -0.142. The minimum atomic E-state index is -1.08. The molecule has 296 valence electrons. The van der Waals surface area contributed by atoms with Gasteiger partial charge in [-0.3, -0.25) is 34.1 Å². The fourth-order valence-electron chi connectivity index (χ4n) is 6.09. The summed E-state index contributed by atoms with van der Waals surface area (Å²) in [6, 6.07) is 5.34. The van der Waals surface area contributed by atoms with Crippen molar-refractivity contribution >= 4 is 41.0 Å². The largest absolute Gasteiger partial charge is 0.404 e. The number of carbonyl (C=O) groups excluding carboxylic acids is 6. The lowest BCUT2D eigenvalue weighted by atomic mass is 9.97. The smallest absolute Gasteiger partial charge is 0.245 e. The number of nitrogens with two attached hydrogens (primary N) is 5. The molecule has 0 bridgehead atoms. The molecule has 0 aliphatic carbocycles. The van der Waals surface area contributed by atoms with Crippen molar-refractivity contribution in [3.05, 3.63) is 42.1 Å². The van der Waals surface area contributed by atoms with E-state index in [1.54, 1.807) is 20.8 Å². The minimum Gasteiger partial charge on any atom is -0.404 e. The second-order valence-electron chi connectivity index (χ2n) is 13.8. The van der Waals surface area contributed by atoms with Crippen LogP contribution in [0.3, 0.4) is 0 Å². The molecule has 0 aromatic heterocycles. The number of carbonyl (C=O) groups is 6. The molecule has 1 heterocycles. The highest BCUT2D eigenvalue weighted by Crippen LogP contribution is 2.22. The van der Waals surface area contributed by atoms with Gasteiger partial charge in [-0.05, 0) is 81.3 Å². The summed E-state index contributed by atoms with van der Waals surface area (Å²) in [6.45, 7) is 5.95. The number of nitrogens with one attached hydrogen (secondary N) is 5. The molecule has 17 nitrogen and oxygen atoms in total. The second kappa shape index (κ2) is 23.2. The van der Waals surface area contributed by atoms with Gasteiger partial charge in [-0.25, -0.2) is 0 Å². The molecule has 0 radical (unpaired) electrons. The Bertz CT molecular complexity index is 1390. The SMILES string of the molecule is CC(C)[C@H](NC(=O)[C@@H]1CCCN1C(=O)[C@H](CCCCN)NC(=O)CNC(=O)[C@H](C/C(=C/N)c1ccccc1)NC(=O)[C@@H](C)CCCNC(N)N)C(N)=O. The van der Waals surface area contributed by atoms with Crippen molar-refractivity contribution in [2.45, 2.75) is 103 Å². The van der Waals surface area contributed by atoms with E-state index in [4.69, 9.17) is 28.7 Å². The van der Waals surface area contributed by atoms with E-state index < -0.39 is 72.5 Å². The van der Waals surface area contributed by atoms with Crippen LogP contribution in [0.5, 0.6) is 0 Å². The van der Waals surface area contributed by atoms with E-state index in [2.05, 4.69) is 26.6 Å². The highest BCUT2D eigenvalue weighted by Gasteiger charge is 2.39. The van der Waals surface area contributed by atoms with E-state index in [0.717, 1.165) is 5.56 Å². The first-order valence-corrected chi connectivity index (χ1v) is 18.4. The van der Waals surface area contributed by atoms with Gasteiger partial charge in [0.05, 0.1) is 6.54 Å². The topological polar surface area (TPSA) is 296 Å². The van der Waals surface area contributed by atoms with Crippen LogP contribution in [0.15, 0.2) is 36.5 Å². The third kappa shape index (κ3) is 15.1. The molecule has 0 spiro atoms. The van der Waals surface area contributed by atoms with E-state index in [1.165, 1.54) is 11.1 Å². The van der Waals surface area contributed by atoms with Gasteiger partial charge in [0.1, 0.15) is 30.5 Å². The zero-order valence-electron chi connectivity index (χ0n) is 31.3. The zero-order valence-corrected chi connectivity index (χ0v) is 31.3. The molecule has 1 aromatic rings. The van der Waals surface area contributed by atoms with Crippen molar-refractivity contribution in [3.63, 3.8) is 0 Å². The fraction of sp³-hybridized carbons (Fsp3) is 0.611. The predicted octanol–water partition coefficient (Wildman–Crippen LogP) is -1.58. The molecule has 53 heavy (non-hydrogen) atoms. The fourth-order valence-corrected chi connectivity index (χ4v) is 6.09. The van der Waals surface area contributed by atoms with Gasteiger partial charge < -0.3 is 54.8 Å². The molecule has 1 saturated heterocycles. The van der Waals surface area contributed by atoms with Crippen LogP contribution in [0, 0.1) is 11.8 Å². The molecule has 0 saturated carbocycles. The van der Waals surface area contributed by atoms with Crippen LogP contribution in [0.25, 0.3) is 5.57 Å². The van der Waals surface area contributed by atoms with E-state index in [1.807, 2.05) is 30.3 Å². The summed E-state index contributed by atoms with van der Waals surface area (Å²) in [5.41, 5.74) is 29.5. The Hall–Kier alpha value is -4.58. The molecule has 1 aliphatic heterocycles. The maximum absolute atomic E-state index is 13.8. The summed E-state index contributed by atoms with van der Waals surface area (Å²) < 4.78 is 0. The maximum atomic E-state index is 13.8. The van der Waals surface area contributed by atoms with Crippen LogP contribution < -0.4 is 55.3 Å². The lowest BCUT2D eigenvalue weighted by Crippen LogP contribution is -2.57. The summed E-state index contributed by atoms with van der Waals surface area (Å²) >= 11 is 0. The molecule has 1 aromatic carbocycles. The van der Waals surface area contributed by atoms with Crippen molar-refractivity contribution in [3.8, 4) is 0 Å². The lowest BCUT2D eigenvalue weighted by Gasteiger charge is -2.30. The Morgan fingerprint density at radius 2 is 1.60 bits per heavy atom. The van der Waals surface area contributed by atoms with E-state index in [0.29, 0.717) is 57.2 Å². The molecule has 6 amide bonds. The first-order valence-electron chi connectivity index (χ1n) is 18.4. The molecule has 1 fully saturated rings. The van der Waals surface area contributed by atoms with Gasteiger partial charge >= 0.3 is 0 Å². The number of hydrogen-bond donors (Lipinski definition) is 10. The number of primary amides is 1. The minimum absolute atomic E-state index is 0.0437. The third-order valence-electron chi connectivity index (χ3n) is 9.16. The van der Waals surface area contributed by atoms with E-state index >= 15 is 0 Å². The number of benzene rings is 1. The number of nitrogens with zero attached hydrogens (tertiary/aromatic N) is 1. The summed E-state index contributed by atoms with van der Waals surface area (Å²) in [5.74, 6) is -3.95. The number of hydrogen-bond acceptors (Lipinski definition) is 11. The summed E-state index contributed by atoms with van der Waals surface area (Å²) in [7, 11) is 0. The van der Waals surface area contributed by atoms with Crippen molar-refractivity contribution < 1.29 is 28.8 Å². The third-order valence-corrected chi connectivity index (χ3v) is 9.16. The number of unbranched alkanes of at least 4 members (excludes halogenated alkanes) is 1. The molecule has 5 atom stereocenters. The van der Waals surface area contributed by atoms with Gasteiger partial charge in [-0.2, -0.15) is 0 Å². The molecule has 0 unspecified atom stereocenters. The Kier molecular flexibility index (Phi) is 19.5. The van der Waals surface area contributed by atoms with Crippen molar-refractivity contribution in [2.75, 3.05) is 26.2 Å². The van der Waals surface area contributed by atoms with Crippen LogP contribution in [-0.2, 0) is 28.8 Å². The molecular formula is C36H61N11O6. The summed E-state index contributed by atoms with van der Waals surface area (Å²) in [5, 5.41) is 13.7. The molecular weight excluding hydrogens is 682 g/mol. The number of rotatable bonds is 23. The Morgan fingerprint density at radius 3 is 2.21 bits per heavy atom. The Morgan fingerprint density at radius 1 is 0.906 bits per heavy atom. The normalized spacial score (nSPS) is 16.8. The average molecular weight is 744 g/mol. The van der Waals surface area contributed by atoms with Crippen LogP contribution >= 0.6 is 0 Å². The van der Waals surface area contributed by atoms with Gasteiger partial charge in [0, 0.05) is 18.9 Å². The standard InChI is InChI=1S/C36H61N11O6/c1-22(2)30(31(39)49)46-34(52)28-15-10-18-47(28)35(53)26(14-7-8-16-37)44-29(48)21-43-33(51)27(19-25(20-38)24-12-5-4-6-13-24)45-32(50)23(3)11-9-17-42-36(40)41/h4-6,12-13,20,22-23,26-28,30,36,42H,7-11,14-19,21,37-38,40-41H2,1-3H3,(H2,39,49)(H,43,51)(H,44,48)(H,45,50)(H,46,52)/b25-20-/t23-,26-,27-,28-,30-/m0/s1. The molecule has 2 rings (SSSR count). The molecule has 17 heteroatoms. The van der Waals surface area contributed by atoms with Gasteiger partial charge in [0.15, 0.2) is 0 Å². The quantitative estimate of drug-likeness (QED) is 0.0451. The van der Waals surface area contributed by atoms with Crippen molar-refractivity contribution in [1.82, 2.24) is 31.5 Å². The average Bonchev–Trinajstić information content (AvgIpc) is 3.62. The number of amides is 6. The van der Waals surface area contributed by atoms with E-state index in [-0.39, 0.29) is 31.2 Å². The second-order valence-corrected chi connectivity index (χ2v) is 13.8. The van der Waals surface area contributed by atoms with Crippen LogP contribution in [0.2, 0.25) is 0 Å². The zero-order chi connectivity index (χ0) is 39.5. The Labute approximate surface area is 312 Å². The van der Waals surface area contributed by atoms with E-state index in [9.17, 15) is 28.8 Å². The molecule has 1 aliphatic rings. The summed E-state index contributed by atoms with van der Waals surface area (Å²) in [4.78, 5) is 80.4. The first-order chi connectivity index (χ1) is 25.2. The van der Waals surface area contributed by atoms with Crippen LogP contribution in [0.4, 0.5) is 0 Å². The van der Waals surface area contributed by atoms with Gasteiger partial charge in [-0.1, -0.05) is 51.1 Å². The van der Waals surface area contributed by atoms with Gasteiger partial charge in [0.25, 0.3) is 0 Å². The monoisotopic (exact) mass is 743 g/mol. The maximum Gasteiger partial charge on any atom is 0.245 e. The Balaban J connectivity index is 2.16. The van der Waals surface area contributed by atoms with Crippen molar-refractivity contribution in [2.24, 2.45) is 40.5 Å². The highest BCUT2D eigenvalue weighted by atomic mass is 16.2. The van der Waals surface area contributed by atoms with Crippen LogP contribution in [-0.4, -0.2) is 97.0 Å². The van der Waals surface area contributed by atoms with Gasteiger partial charge in [-0.15, -0.1) is 0 Å². The first kappa shape index (κ1) is 44.6. The van der Waals surface area contributed by atoms with Crippen molar-refractivity contribution in [1.29, 1.82) is 0 Å². The van der Waals surface area contributed by atoms with Crippen LogP contribution in [0.1, 0.15) is 77.7 Å².